The van der Waals surface area contributed by atoms with Gasteiger partial charge in [0.2, 0.25) is 5.91 Å². The summed E-state index contributed by atoms with van der Waals surface area (Å²) in [6, 6.07) is -0.101. The Bertz CT molecular complexity index is 216. The largest absolute Gasteiger partial charge is 0.368 e. The van der Waals surface area contributed by atoms with Gasteiger partial charge in [-0.2, -0.15) is 0 Å². The third-order valence-electron chi connectivity index (χ3n) is 3.71. The SMILES string of the molecule is CC(C)C1CCCN(C(C)C(N)=O)CC1. The number of nitrogens with two attached hydrogens (primary N) is 1. The van der Waals surface area contributed by atoms with Crippen LogP contribution in [-0.2, 0) is 4.79 Å². The number of carbonyl (C=O) groups is 1. The van der Waals surface area contributed by atoms with Gasteiger partial charge in [-0.25, -0.2) is 0 Å². The average Bonchev–Trinajstić information content (AvgIpc) is 2.41. The molecule has 2 atom stereocenters. The van der Waals surface area contributed by atoms with Crippen LogP contribution in [0.5, 0.6) is 0 Å². The third-order valence-corrected chi connectivity index (χ3v) is 3.71. The highest BCUT2D eigenvalue weighted by Gasteiger charge is 2.24. The van der Waals surface area contributed by atoms with Gasteiger partial charge >= 0.3 is 0 Å². The van der Waals surface area contributed by atoms with E-state index in [1.54, 1.807) is 0 Å². The van der Waals surface area contributed by atoms with E-state index in [1.807, 2.05) is 6.92 Å². The number of amides is 1. The molecule has 1 amide bonds. The molecule has 1 heterocycles. The van der Waals surface area contributed by atoms with E-state index >= 15 is 0 Å². The van der Waals surface area contributed by atoms with Gasteiger partial charge in [0.25, 0.3) is 0 Å². The first kappa shape index (κ1) is 12.5. The summed E-state index contributed by atoms with van der Waals surface area (Å²) in [5.74, 6) is 1.38. The van der Waals surface area contributed by atoms with Gasteiger partial charge in [0.1, 0.15) is 0 Å². The molecule has 1 fully saturated rings. The molecule has 2 N–H and O–H groups in total. The van der Waals surface area contributed by atoms with E-state index in [4.69, 9.17) is 5.73 Å². The number of nitrogens with zero attached hydrogens (tertiary/aromatic N) is 1. The van der Waals surface area contributed by atoms with E-state index in [1.165, 1.54) is 19.3 Å². The molecule has 1 aliphatic heterocycles. The van der Waals surface area contributed by atoms with E-state index in [0.717, 1.165) is 24.9 Å². The fourth-order valence-corrected chi connectivity index (χ4v) is 2.38. The van der Waals surface area contributed by atoms with E-state index in [9.17, 15) is 4.79 Å². The highest BCUT2D eigenvalue weighted by molar-refractivity contribution is 5.79. The van der Waals surface area contributed by atoms with Gasteiger partial charge in [0, 0.05) is 0 Å². The first-order valence-corrected chi connectivity index (χ1v) is 6.05. The molecule has 2 unspecified atom stereocenters. The average molecular weight is 212 g/mol. The van der Waals surface area contributed by atoms with Crippen molar-refractivity contribution in [2.75, 3.05) is 13.1 Å². The molecule has 88 valence electrons. The molecule has 0 spiro atoms. The molecule has 3 nitrogen and oxygen atoms in total. The summed E-state index contributed by atoms with van der Waals surface area (Å²) < 4.78 is 0. The van der Waals surface area contributed by atoms with Gasteiger partial charge < -0.3 is 5.73 Å². The molecule has 1 rings (SSSR count). The van der Waals surface area contributed by atoms with E-state index in [2.05, 4.69) is 18.7 Å². The van der Waals surface area contributed by atoms with Crippen LogP contribution in [0.1, 0.15) is 40.0 Å². The Hall–Kier alpha value is -0.570. The van der Waals surface area contributed by atoms with Gasteiger partial charge in [-0.1, -0.05) is 13.8 Å². The van der Waals surface area contributed by atoms with Crippen molar-refractivity contribution in [1.29, 1.82) is 0 Å². The molecule has 0 aliphatic carbocycles. The molecular formula is C12H24N2O. The lowest BCUT2D eigenvalue weighted by molar-refractivity contribution is -0.122. The Morgan fingerprint density at radius 1 is 1.27 bits per heavy atom. The summed E-state index contributed by atoms with van der Waals surface area (Å²) >= 11 is 0. The lowest BCUT2D eigenvalue weighted by Gasteiger charge is -2.25. The quantitative estimate of drug-likeness (QED) is 0.772. The highest BCUT2D eigenvalue weighted by atomic mass is 16.1. The van der Waals surface area contributed by atoms with Crippen LogP contribution in [0, 0.1) is 11.8 Å². The first-order valence-electron chi connectivity index (χ1n) is 6.05. The van der Waals surface area contributed by atoms with Gasteiger partial charge in [-0.05, 0) is 51.1 Å². The Labute approximate surface area is 93.0 Å². The minimum atomic E-state index is -0.196. The van der Waals surface area contributed by atoms with E-state index < -0.39 is 0 Å². The van der Waals surface area contributed by atoms with Crippen molar-refractivity contribution in [3.63, 3.8) is 0 Å². The van der Waals surface area contributed by atoms with Crippen LogP contribution in [-0.4, -0.2) is 29.9 Å². The zero-order chi connectivity index (χ0) is 11.4. The fourth-order valence-electron chi connectivity index (χ4n) is 2.38. The lowest BCUT2D eigenvalue weighted by Crippen LogP contribution is -2.43. The van der Waals surface area contributed by atoms with E-state index in [-0.39, 0.29) is 11.9 Å². The van der Waals surface area contributed by atoms with Crippen molar-refractivity contribution in [2.24, 2.45) is 17.6 Å². The first-order chi connectivity index (χ1) is 7.02. The maximum atomic E-state index is 11.1. The van der Waals surface area contributed by atoms with Crippen LogP contribution in [0.2, 0.25) is 0 Å². The van der Waals surface area contributed by atoms with Crippen molar-refractivity contribution in [3.8, 4) is 0 Å². The van der Waals surface area contributed by atoms with Gasteiger partial charge in [0.05, 0.1) is 6.04 Å². The Morgan fingerprint density at radius 2 is 1.93 bits per heavy atom. The maximum absolute atomic E-state index is 11.1. The molecule has 1 saturated heterocycles. The van der Waals surface area contributed by atoms with Gasteiger partial charge in [0.15, 0.2) is 0 Å². The highest BCUT2D eigenvalue weighted by Crippen LogP contribution is 2.25. The van der Waals surface area contributed by atoms with Crippen molar-refractivity contribution < 1.29 is 4.79 Å². The summed E-state index contributed by atoms with van der Waals surface area (Å²) in [6.45, 7) is 8.54. The number of likely N-dealkylation sites (tertiary alicyclic amines) is 1. The van der Waals surface area contributed by atoms with Crippen LogP contribution in [0.15, 0.2) is 0 Å². The lowest BCUT2D eigenvalue weighted by atomic mass is 9.89. The standard InChI is InChI=1S/C12H24N2O/c1-9(2)11-5-4-7-14(8-6-11)10(3)12(13)15/h9-11H,4-8H2,1-3H3,(H2,13,15). The van der Waals surface area contributed by atoms with Crippen LogP contribution < -0.4 is 5.73 Å². The molecule has 0 aromatic carbocycles. The Kier molecular flexibility index (Phi) is 4.58. The molecule has 0 radical (unpaired) electrons. The number of primary amides is 1. The summed E-state index contributed by atoms with van der Waals surface area (Å²) in [6.07, 6.45) is 3.69. The minimum absolute atomic E-state index is 0.101. The van der Waals surface area contributed by atoms with Crippen molar-refractivity contribution in [1.82, 2.24) is 4.90 Å². The number of carbonyl (C=O) groups excluding carboxylic acids is 1. The van der Waals surface area contributed by atoms with E-state index in [0.29, 0.717) is 0 Å². The van der Waals surface area contributed by atoms with Crippen molar-refractivity contribution >= 4 is 5.91 Å². The Balaban J connectivity index is 2.49. The molecule has 3 heteroatoms. The monoisotopic (exact) mass is 212 g/mol. The maximum Gasteiger partial charge on any atom is 0.234 e. The molecule has 0 saturated carbocycles. The number of hydrogen-bond acceptors (Lipinski definition) is 2. The zero-order valence-corrected chi connectivity index (χ0v) is 10.2. The molecule has 0 bridgehead atoms. The summed E-state index contributed by atoms with van der Waals surface area (Å²) in [4.78, 5) is 13.3. The second-order valence-corrected chi connectivity index (χ2v) is 5.05. The molecule has 15 heavy (non-hydrogen) atoms. The molecule has 0 aromatic heterocycles. The second kappa shape index (κ2) is 5.50. The zero-order valence-electron chi connectivity index (χ0n) is 10.2. The predicted molar refractivity (Wildman–Crippen MR) is 62.4 cm³/mol. The van der Waals surface area contributed by atoms with Crippen LogP contribution in [0.25, 0.3) is 0 Å². The van der Waals surface area contributed by atoms with Gasteiger partial charge in [-0.3, -0.25) is 9.69 Å². The molecule has 1 aliphatic rings. The molecular weight excluding hydrogens is 188 g/mol. The van der Waals surface area contributed by atoms with Crippen LogP contribution in [0.3, 0.4) is 0 Å². The normalized spacial score (nSPS) is 26.3. The van der Waals surface area contributed by atoms with Crippen molar-refractivity contribution in [3.05, 3.63) is 0 Å². The topological polar surface area (TPSA) is 46.3 Å². The van der Waals surface area contributed by atoms with Gasteiger partial charge in [-0.15, -0.1) is 0 Å². The summed E-state index contributed by atoms with van der Waals surface area (Å²) in [5, 5.41) is 0. The summed E-state index contributed by atoms with van der Waals surface area (Å²) in [7, 11) is 0. The second-order valence-electron chi connectivity index (χ2n) is 5.05. The third kappa shape index (κ3) is 3.49. The summed E-state index contributed by atoms with van der Waals surface area (Å²) in [5.41, 5.74) is 5.33. The smallest absolute Gasteiger partial charge is 0.234 e. The molecule has 0 aromatic rings. The Morgan fingerprint density at radius 3 is 2.47 bits per heavy atom. The van der Waals surface area contributed by atoms with Crippen molar-refractivity contribution in [2.45, 2.75) is 46.1 Å². The fraction of sp³-hybridized carbons (Fsp3) is 0.917. The number of rotatable bonds is 3. The van der Waals surface area contributed by atoms with Crippen LogP contribution >= 0.6 is 0 Å². The minimum Gasteiger partial charge on any atom is -0.368 e. The number of hydrogen-bond donors (Lipinski definition) is 1. The van der Waals surface area contributed by atoms with Crippen LogP contribution in [0.4, 0.5) is 0 Å². The predicted octanol–water partition coefficient (Wildman–Crippen LogP) is 1.62.